The number of hydrogen-bond acceptors (Lipinski definition) is 4. The number of ether oxygens (including phenoxy) is 2. The van der Waals surface area contributed by atoms with Crippen LogP contribution in [0.4, 0.5) is 4.79 Å². The second-order valence-electron chi connectivity index (χ2n) is 6.44. The number of pyridine rings is 1. The summed E-state index contributed by atoms with van der Waals surface area (Å²) in [6.45, 7) is 7.69. The quantitative estimate of drug-likeness (QED) is 0.598. The third-order valence-corrected chi connectivity index (χ3v) is 4.31. The lowest BCUT2D eigenvalue weighted by Crippen LogP contribution is -2.25. The zero-order chi connectivity index (χ0) is 18.8. The Morgan fingerprint density at radius 1 is 1.12 bits per heavy atom. The fraction of sp³-hybridized carbons (Fsp3) is 0.524. The number of carbonyl (C=O) groups is 1. The highest BCUT2D eigenvalue weighted by molar-refractivity contribution is 5.86. The second kappa shape index (κ2) is 10.6. The van der Waals surface area contributed by atoms with Gasteiger partial charge in [0.1, 0.15) is 12.4 Å². The first-order valence-electron chi connectivity index (χ1n) is 9.59. The number of benzene rings is 1. The Labute approximate surface area is 156 Å². The van der Waals surface area contributed by atoms with Gasteiger partial charge in [-0.25, -0.2) is 9.78 Å². The van der Waals surface area contributed by atoms with Crippen LogP contribution < -0.4 is 10.1 Å². The van der Waals surface area contributed by atoms with Gasteiger partial charge in [-0.1, -0.05) is 45.2 Å². The number of unbranched alkanes of at least 4 members (excludes halogenated alkanes) is 3. The van der Waals surface area contributed by atoms with E-state index in [0.717, 1.165) is 60.0 Å². The van der Waals surface area contributed by atoms with E-state index in [0.29, 0.717) is 13.2 Å². The van der Waals surface area contributed by atoms with Gasteiger partial charge in [-0.3, -0.25) is 0 Å². The van der Waals surface area contributed by atoms with Crippen molar-refractivity contribution < 1.29 is 14.3 Å². The van der Waals surface area contributed by atoms with E-state index in [1.54, 1.807) is 0 Å². The van der Waals surface area contributed by atoms with Gasteiger partial charge in [0.2, 0.25) is 0 Å². The van der Waals surface area contributed by atoms with Crippen LogP contribution in [-0.2, 0) is 11.3 Å². The summed E-state index contributed by atoms with van der Waals surface area (Å²) in [6, 6.07) is 7.90. The van der Waals surface area contributed by atoms with Gasteiger partial charge in [-0.15, -0.1) is 0 Å². The van der Waals surface area contributed by atoms with Crippen molar-refractivity contribution in [2.24, 2.45) is 0 Å². The van der Waals surface area contributed by atoms with Crippen LogP contribution in [0.1, 0.15) is 57.2 Å². The fourth-order valence-electron chi connectivity index (χ4n) is 2.72. The first-order chi connectivity index (χ1) is 12.7. The number of aromatic nitrogens is 1. The summed E-state index contributed by atoms with van der Waals surface area (Å²) in [6.07, 6.45) is 4.87. The van der Waals surface area contributed by atoms with E-state index < -0.39 is 6.09 Å². The lowest BCUT2D eigenvalue weighted by molar-refractivity contribution is 0.138. The molecule has 0 aliphatic carbocycles. The fourth-order valence-corrected chi connectivity index (χ4v) is 2.72. The predicted octanol–water partition coefficient (Wildman–Crippen LogP) is 5.14. The van der Waals surface area contributed by atoms with Gasteiger partial charge in [-0.2, -0.15) is 0 Å². The molecule has 1 N–H and O–H groups in total. The molecule has 2 aromatic rings. The summed E-state index contributed by atoms with van der Waals surface area (Å²) in [7, 11) is 0. The average Bonchev–Trinajstić information content (AvgIpc) is 2.65. The van der Waals surface area contributed by atoms with E-state index in [2.05, 4.69) is 24.1 Å². The number of rotatable bonds is 10. The monoisotopic (exact) mass is 358 g/mol. The SMILES string of the molecule is CCCCCNC(=O)OCc1nc2ccccc2c(OCCCC)c1C. The van der Waals surface area contributed by atoms with Gasteiger partial charge in [0.25, 0.3) is 0 Å². The molecule has 1 heterocycles. The van der Waals surface area contributed by atoms with Crippen molar-refractivity contribution in [2.75, 3.05) is 13.2 Å². The smallest absolute Gasteiger partial charge is 0.407 e. The normalized spacial score (nSPS) is 10.7. The van der Waals surface area contributed by atoms with Crippen molar-refractivity contribution in [3.8, 4) is 5.75 Å². The topological polar surface area (TPSA) is 60.5 Å². The van der Waals surface area contributed by atoms with Crippen LogP contribution in [0, 0.1) is 6.92 Å². The van der Waals surface area contributed by atoms with E-state index in [1.807, 2.05) is 31.2 Å². The molecule has 2 rings (SSSR count). The number of amides is 1. The van der Waals surface area contributed by atoms with Crippen molar-refractivity contribution in [1.82, 2.24) is 10.3 Å². The molecular weight excluding hydrogens is 328 g/mol. The van der Waals surface area contributed by atoms with Crippen LogP contribution in [0.2, 0.25) is 0 Å². The third kappa shape index (κ3) is 5.61. The maximum atomic E-state index is 11.9. The Bertz CT molecular complexity index is 716. The van der Waals surface area contributed by atoms with Crippen molar-refractivity contribution in [2.45, 2.75) is 59.5 Å². The Kier molecular flexibility index (Phi) is 8.19. The molecule has 0 saturated carbocycles. The second-order valence-corrected chi connectivity index (χ2v) is 6.44. The molecule has 5 nitrogen and oxygen atoms in total. The van der Waals surface area contributed by atoms with Gasteiger partial charge >= 0.3 is 6.09 Å². The molecule has 1 aromatic heterocycles. The number of nitrogens with zero attached hydrogens (tertiary/aromatic N) is 1. The molecule has 0 saturated heterocycles. The molecule has 142 valence electrons. The van der Waals surface area contributed by atoms with Gasteiger partial charge in [0, 0.05) is 17.5 Å². The Morgan fingerprint density at radius 2 is 1.88 bits per heavy atom. The standard InChI is InChI=1S/C21H30N2O3/c1-4-6-10-13-22-21(24)26-15-19-16(3)20(25-14-7-5-2)17-11-8-9-12-18(17)23-19/h8-9,11-12H,4-7,10,13-15H2,1-3H3,(H,22,24). The highest BCUT2D eigenvalue weighted by atomic mass is 16.5. The molecule has 0 fully saturated rings. The molecule has 0 unspecified atom stereocenters. The van der Waals surface area contributed by atoms with Crippen LogP contribution in [0.25, 0.3) is 10.9 Å². The van der Waals surface area contributed by atoms with Crippen LogP contribution >= 0.6 is 0 Å². The zero-order valence-electron chi connectivity index (χ0n) is 16.1. The largest absolute Gasteiger partial charge is 0.493 e. The molecule has 0 atom stereocenters. The van der Waals surface area contributed by atoms with Gasteiger partial charge in [-0.05, 0) is 31.9 Å². The van der Waals surface area contributed by atoms with Crippen molar-refractivity contribution in [3.63, 3.8) is 0 Å². The predicted molar refractivity (Wildman–Crippen MR) is 105 cm³/mol. The molecule has 0 bridgehead atoms. The number of para-hydroxylation sites is 1. The summed E-state index contributed by atoms with van der Waals surface area (Å²) < 4.78 is 11.4. The number of fused-ring (bicyclic) bond motifs is 1. The Morgan fingerprint density at radius 3 is 2.65 bits per heavy atom. The van der Waals surface area contributed by atoms with Crippen molar-refractivity contribution >= 4 is 17.0 Å². The van der Waals surface area contributed by atoms with Gasteiger partial charge in [0.05, 0.1) is 17.8 Å². The van der Waals surface area contributed by atoms with Crippen LogP contribution in [0.15, 0.2) is 24.3 Å². The van der Waals surface area contributed by atoms with E-state index in [-0.39, 0.29) is 6.61 Å². The molecule has 0 radical (unpaired) electrons. The summed E-state index contributed by atoms with van der Waals surface area (Å²) in [4.78, 5) is 16.5. The summed E-state index contributed by atoms with van der Waals surface area (Å²) in [5.74, 6) is 0.839. The first kappa shape index (κ1) is 20.0. The van der Waals surface area contributed by atoms with Crippen LogP contribution in [0.3, 0.4) is 0 Å². The van der Waals surface area contributed by atoms with Crippen LogP contribution in [0.5, 0.6) is 5.75 Å². The summed E-state index contributed by atoms with van der Waals surface area (Å²) in [5.41, 5.74) is 2.52. The van der Waals surface area contributed by atoms with Crippen molar-refractivity contribution in [3.05, 3.63) is 35.5 Å². The number of hydrogen-bond donors (Lipinski definition) is 1. The van der Waals surface area contributed by atoms with E-state index >= 15 is 0 Å². The minimum atomic E-state index is -0.399. The molecule has 26 heavy (non-hydrogen) atoms. The zero-order valence-corrected chi connectivity index (χ0v) is 16.1. The minimum Gasteiger partial charge on any atom is -0.493 e. The van der Waals surface area contributed by atoms with Gasteiger partial charge in [0.15, 0.2) is 0 Å². The van der Waals surface area contributed by atoms with Crippen LogP contribution in [-0.4, -0.2) is 24.2 Å². The highest BCUT2D eigenvalue weighted by Gasteiger charge is 2.14. The lowest BCUT2D eigenvalue weighted by atomic mass is 10.1. The number of alkyl carbamates (subject to hydrolysis) is 1. The summed E-state index contributed by atoms with van der Waals surface area (Å²) >= 11 is 0. The molecule has 5 heteroatoms. The Balaban J connectivity index is 2.09. The summed E-state index contributed by atoms with van der Waals surface area (Å²) in [5, 5.41) is 3.77. The molecule has 0 aliphatic heterocycles. The van der Waals surface area contributed by atoms with E-state index in [4.69, 9.17) is 9.47 Å². The highest BCUT2D eigenvalue weighted by Crippen LogP contribution is 2.30. The minimum absolute atomic E-state index is 0.139. The van der Waals surface area contributed by atoms with Gasteiger partial charge < -0.3 is 14.8 Å². The average molecular weight is 358 g/mol. The number of nitrogens with one attached hydrogen (secondary N) is 1. The molecule has 0 spiro atoms. The number of carbonyl (C=O) groups excluding carboxylic acids is 1. The first-order valence-corrected chi connectivity index (χ1v) is 9.59. The molecule has 1 aromatic carbocycles. The molecule has 0 aliphatic rings. The molecule has 1 amide bonds. The van der Waals surface area contributed by atoms with E-state index in [9.17, 15) is 4.79 Å². The van der Waals surface area contributed by atoms with Crippen molar-refractivity contribution in [1.29, 1.82) is 0 Å². The lowest BCUT2D eigenvalue weighted by Gasteiger charge is -2.15. The maximum absolute atomic E-state index is 11.9. The molecular formula is C21H30N2O3. The van der Waals surface area contributed by atoms with E-state index in [1.165, 1.54) is 0 Å². The maximum Gasteiger partial charge on any atom is 0.407 e. The third-order valence-electron chi connectivity index (χ3n) is 4.31. The Hall–Kier alpha value is -2.30.